The zero-order valence-electron chi connectivity index (χ0n) is 8.85. The van der Waals surface area contributed by atoms with Crippen LogP contribution >= 0.6 is 11.8 Å². The van der Waals surface area contributed by atoms with E-state index in [-0.39, 0.29) is 5.56 Å². The molecule has 0 amide bonds. The highest BCUT2D eigenvalue weighted by molar-refractivity contribution is 7.99. The summed E-state index contributed by atoms with van der Waals surface area (Å²) in [7, 11) is 0. The molecule has 2 aromatic rings. The molecule has 0 unspecified atom stereocenters. The lowest BCUT2D eigenvalue weighted by Gasteiger charge is -2.18. The van der Waals surface area contributed by atoms with Crippen molar-refractivity contribution >= 4 is 17.4 Å². The van der Waals surface area contributed by atoms with Crippen molar-refractivity contribution in [3.8, 4) is 0 Å². The van der Waals surface area contributed by atoms with E-state index in [9.17, 15) is 4.79 Å². The van der Waals surface area contributed by atoms with Crippen molar-refractivity contribution in [3.05, 3.63) is 34.4 Å². The molecule has 1 aliphatic heterocycles. The van der Waals surface area contributed by atoms with Gasteiger partial charge in [0.2, 0.25) is 0 Å². The van der Waals surface area contributed by atoms with Crippen molar-refractivity contribution in [2.24, 2.45) is 0 Å². The van der Waals surface area contributed by atoms with Crippen LogP contribution in [0, 0.1) is 0 Å². The van der Waals surface area contributed by atoms with Crippen molar-refractivity contribution in [2.45, 2.75) is 18.8 Å². The number of nitrogens with one attached hydrogen (secondary N) is 1. The molecular formula is C11H13N3OS. The number of rotatable bonds is 1. The molecule has 16 heavy (non-hydrogen) atoms. The van der Waals surface area contributed by atoms with Crippen LogP contribution in [-0.2, 0) is 0 Å². The van der Waals surface area contributed by atoms with Crippen molar-refractivity contribution in [2.75, 3.05) is 11.5 Å². The summed E-state index contributed by atoms with van der Waals surface area (Å²) in [5.41, 5.74) is 0.683. The Labute approximate surface area is 97.1 Å². The molecule has 1 fully saturated rings. The van der Waals surface area contributed by atoms with Gasteiger partial charge in [0.05, 0.1) is 0 Å². The average Bonchev–Trinajstić information content (AvgIpc) is 2.76. The van der Waals surface area contributed by atoms with Gasteiger partial charge in [-0.3, -0.25) is 9.89 Å². The number of nitrogens with zero attached hydrogens (tertiary/aromatic N) is 2. The summed E-state index contributed by atoms with van der Waals surface area (Å²) < 4.78 is 1.52. The first kappa shape index (κ1) is 9.96. The Morgan fingerprint density at radius 3 is 2.94 bits per heavy atom. The lowest BCUT2D eigenvalue weighted by atomic mass is 10.0. The molecule has 1 N–H and O–H groups in total. The molecular weight excluding hydrogens is 222 g/mol. The zero-order valence-corrected chi connectivity index (χ0v) is 9.67. The molecule has 0 saturated carbocycles. The maximum atomic E-state index is 11.6. The van der Waals surface area contributed by atoms with Crippen LogP contribution in [0.4, 0.5) is 0 Å². The molecule has 3 heterocycles. The largest absolute Gasteiger partial charge is 0.276 e. The molecule has 0 aromatic carbocycles. The minimum Gasteiger partial charge on any atom is -0.276 e. The smallest absolute Gasteiger partial charge is 0.271 e. The van der Waals surface area contributed by atoms with Gasteiger partial charge in [0.15, 0.2) is 5.65 Å². The molecule has 4 nitrogen and oxygen atoms in total. The van der Waals surface area contributed by atoms with Gasteiger partial charge in [0, 0.05) is 12.0 Å². The number of aromatic amines is 1. The highest BCUT2D eigenvalue weighted by Crippen LogP contribution is 2.29. The number of hydrogen-bond donors (Lipinski definition) is 1. The Morgan fingerprint density at radius 2 is 2.19 bits per heavy atom. The van der Waals surface area contributed by atoms with E-state index in [1.54, 1.807) is 12.1 Å². The van der Waals surface area contributed by atoms with Crippen LogP contribution in [0.2, 0.25) is 0 Å². The fourth-order valence-electron chi connectivity index (χ4n) is 2.09. The quantitative estimate of drug-likeness (QED) is 0.817. The second kappa shape index (κ2) is 3.97. The van der Waals surface area contributed by atoms with Gasteiger partial charge in [-0.1, -0.05) is 6.07 Å². The molecule has 84 valence electrons. The van der Waals surface area contributed by atoms with E-state index >= 15 is 0 Å². The average molecular weight is 235 g/mol. The first-order valence-electron chi connectivity index (χ1n) is 5.50. The predicted octanol–water partition coefficient (Wildman–Crippen LogP) is 1.63. The minimum atomic E-state index is -0.0403. The van der Waals surface area contributed by atoms with Gasteiger partial charge < -0.3 is 0 Å². The third kappa shape index (κ3) is 1.65. The number of aromatic nitrogens is 3. The Kier molecular flexibility index (Phi) is 2.47. The maximum Gasteiger partial charge on any atom is 0.271 e. The highest BCUT2D eigenvalue weighted by Gasteiger charge is 2.19. The highest BCUT2D eigenvalue weighted by atomic mass is 32.2. The molecule has 1 saturated heterocycles. The van der Waals surface area contributed by atoms with E-state index in [4.69, 9.17) is 0 Å². The lowest BCUT2D eigenvalue weighted by Crippen LogP contribution is -2.13. The Bertz CT molecular complexity index is 554. The fourth-order valence-corrected chi connectivity index (χ4v) is 3.20. The second-order valence-corrected chi connectivity index (χ2v) is 5.28. The van der Waals surface area contributed by atoms with E-state index in [1.165, 1.54) is 16.0 Å². The van der Waals surface area contributed by atoms with Crippen molar-refractivity contribution in [1.29, 1.82) is 0 Å². The Hall–Kier alpha value is -1.23. The number of H-pyrrole nitrogens is 1. The van der Waals surface area contributed by atoms with Crippen LogP contribution in [0.15, 0.2) is 23.0 Å². The van der Waals surface area contributed by atoms with Crippen LogP contribution < -0.4 is 5.56 Å². The fraction of sp³-hybridized carbons (Fsp3) is 0.455. The molecule has 0 aliphatic carbocycles. The monoisotopic (exact) mass is 235 g/mol. The summed E-state index contributed by atoms with van der Waals surface area (Å²) in [5.74, 6) is 3.83. The minimum absolute atomic E-state index is 0.0403. The standard InChI is InChI=1S/C11H13N3OS/c15-10-3-1-2-9-12-11(13-14(9)10)8-4-6-16-7-5-8/h1-3,8H,4-7H2,(H,12,13). The number of pyridine rings is 1. The van der Waals surface area contributed by atoms with Gasteiger partial charge in [-0.15, -0.1) is 0 Å². The topological polar surface area (TPSA) is 50.2 Å². The first-order valence-corrected chi connectivity index (χ1v) is 6.65. The van der Waals surface area contributed by atoms with Gasteiger partial charge in [-0.2, -0.15) is 11.8 Å². The van der Waals surface area contributed by atoms with E-state index < -0.39 is 0 Å². The van der Waals surface area contributed by atoms with Crippen LogP contribution in [0.25, 0.3) is 5.65 Å². The summed E-state index contributed by atoms with van der Waals surface area (Å²) in [6, 6.07) is 5.16. The van der Waals surface area contributed by atoms with Crippen molar-refractivity contribution in [1.82, 2.24) is 14.6 Å². The molecule has 3 rings (SSSR count). The van der Waals surface area contributed by atoms with E-state index in [0.717, 1.165) is 24.3 Å². The van der Waals surface area contributed by atoms with Crippen LogP contribution in [0.1, 0.15) is 24.6 Å². The molecule has 2 aromatic heterocycles. The summed E-state index contributed by atoms with van der Waals surface area (Å²) in [5, 5.41) is 3.12. The SMILES string of the molecule is O=c1cccc2nc(C3CCSCC3)[nH]n12. The molecule has 1 aliphatic rings. The van der Waals surface area contributed by atoms with Gasteiger partial charge in [-0.05, 0) is 30.4 Å². The summed E-state index contributed by atoms with van der Waals surface area (Å²) in [6.07, 6.45) is 2.30. The maximum absolute atomic E-state index is 11.6. The molecule has 0 bridgehead atoms. The number of fused-ring (bicyclic) bond motifs is 1. The summed E-state index contributed by atoms with van der Waals surface area (Å²) >= 11 is 1.99. The van der Waals surface area contributed by atoms with Gasteiger partial charge >= 0.3 is 0 Å². The van der Waals surface area contributed by atoms with Crippen molar-refractivity contribution < 1.29 is 0 Å². The van der Waals surface area contributed by atoms with Crippen molar-refractivity contribution in [3.63, 3.8) is 0 Å². The molecule has 5 heteroatoms. The van der Waals surface area contributed by atoms with Gasteiger partial charge in [0.25, 0.3) is 5.56 Å². The third-order valence-corrected chi connectivity index (χ3v) is 4.05. The first-order chi connectivity index (χ1) is 7.84. The number of hydrogen-bond acceptors (Lipinski definition) is 3. The van der Waals surface area contributed by atoms with E-state index in [1.807, 2.05) is 17.8 Å². The normalized spacial score (nSPS) is 18.0. The molecule has 0 atom stereocenters. The van der Waals surface area contributed by atoms with Gasteiger partial charge in [0.1, 0.15) is 5.82 Å². The zero-order chi connectivity index (χ0) is 11.0. The number of thioether (sulfide) groups is 1. The predicted molar refractivity (Wildman–Crippen MR) is 65.1 cm³/mol. The second-order valence-electron chi connectivity index (χ2n) is 4.05. The molecule has 0 radical (unpaired) electrons. The third-order valence-electron chi connectivity index (χ3n) is 3.00. The summed E-state index contributed by atoms with van der Waals surface area (Å²) in [4.78, 5) is 16.1. The molecule has 0 spiro atoms. The van der Waals surface area contributed by atoms with Crippen LogP contribution in [-0.4, -0.2) is 26.1 Å². The lowest BCUT2D eigenvalue weighted by molar-refractivity contribution is 0.597. The van der Waals surface area contributed by atoms with E-state index in [0.29, 0.717) is 5.92 Å². The van der Waals surface area contributed by atoms with Crippen LogP contribution in [0.3, 0.4) is 0 Å². The Morgan fingerprint density at radius 1 is 1.38 bits per heavy atom. The Balaban J connectivity index is 2.04. The van der Waals surface area contributed by atoms with E-state index in [2.05, 4.69) is 10.1 Å². The summed E-state index contributed by atoms with van der Waals surface area (Å²) in [6.45, 7) is 0. The van der Waals surface area contributed by atoms with Crippen LogP contribution in [0.5, 0.6) is 0 Å². The van der Waals surface area contributed by atoms with Gasteiger partial charge in [-0.25, -0.2) is 9.50 Å².